The number of hydrogen-bond donors (Lipinski definition) is 2. The summed E-state index contributed by atoms with van der Waals surface area (Å²) in [4.78, 5) is 0. The molecule has 2 aromatic rings. The van der Waals surface area contributed by atoms with Crippen LogP contribution >= 0.6 is 0 Å². The molecule has 0 aliphatic carbocycles. The van der Waals surface area contributed by atoms with Gasteiger partial charge in [-0.05, 0) is 30.3 Å². The normalized spacial score (nSPS) is 10.5. The predicted molar refractivity (Wildman–Crippen MR) is 72.3 cm³/mol. The second-order valence-electron chi connectivity index (χ2n) is 3.66. The van der Waals surface area contributed by atoms with E-state index in [0.717, 1.165) is 5.69 Å². The van der Waals surface area contributed by atoms with Crippen molar-refractivity contribution in [1.29, 1.82) is 0 Å². The molecule has 4 heteroatoms. The van der Waals surface area contributed by atoms with Crippen LogP contribution in [0.4, 0.5) is 5.69 Å². The molecule has 0 spiro atoms. The summed E-state index contributed by atoms with van der Waals surface area (Å²) in [7, 11) is 1.58. The summed E-state index contributed by atoms with van der Waals surface area (Å²) in [6.07, 6.45) is 1.55. The SMILES string of the molecule is COc1ccc(O)c(/C=N/Nc2ccccc2)c1. The van der Waals surface area contributed by atoms with Crippen LogP contribution in [0.3, 0.4) is 0 Å². The molecular weight excluding hydrogens is 228 g/mol. The van der Waals surface area contributed by atoms with Crippen molar-refractivity contribution in [3.63, 3.8) is 0 Å². The first-order valence-electron chi connectivity index (χ1n) is 5.51. The van der Waals surface area contributed by atoms with Crippen molar-refractivity contribution in [3.8, 4) is 11.5 Å². The van der Waals surface area contributed by atoms with E-state index in [-0.39, 0.29) is 5.75 Å². The number of para-hydroxylation sites is 1. The van der Waals surface area contributed by atoms with E-state index >= 15 is 0 Å². The second kappa shape index (κ2) is 5.72. The monoisotopic (exact) mass is 242 g/mol. The van der Waals surface area contributed by atoms with Crippen molar-refractivity contribution >= 4 is 11.9 Å². The molecule has 2 N–H and O–H groups in total. The molecule has 18 heavy (non-hydrogen) atoms. The van der Waals surface area contributed by atoms with Crippen molar-refractivity contribution in [2.45, 2.75) is 0 Å². The molecule has 0 atom stereocenters. The first-order valence-corrected chi connectivity index (χ1v) is 5.51. The average Bonchev–Trinajstić information content (AvgIpc) is 2.42. The molecule has 0 aromatic heterocycles. The predicted octanol–water partition coefficient (Wildman–Crippen LogP) is 2.85. The molecule has 0 amide bonds. The number of nitrogens with zero attached hydrogens (tertiary/aromatic N) is 1. The van der Waals surface area contributed by atoms with E-state index in [9.17, 15) is 5.11 Å². The fraction of sp³-hybridized carbons (Fsp3) is 0.0714. The zero-order valence-corrected chi connectivity index (χ0v) is 10.00. The lowest BCUT2D eigenvalue weighted by atomic mass is 10.2. The van der Waals surface area contributed by atoms with E-state index in [0.29, 0.717) is 11.3 Å². The summed E-state index contributed by atoms with van der Waals surface area (Å²) < 4.78 is 5.08. The Labute approximate surface area is 106 Å². The first kappa shape index (κ1) is 12.0. The number of anilines is 1. The molecule has 0 saturated heterocycles. The molecule has 0 heterocycles. The number of hydrogen-bond acceptors (Lipinski definition) is 4. The highest BCUT2D eigenvalue weighted by Crippen LogP contribution is 2.21. The highest BCUT2D eigenvalue weighted by Gasteiger charge is 2.00. The van der Waals surface area contributed by atoms with Gasteiger partial charge in [-0.3, -0.25) is 5.43 Å². The number of rotatable bonds is 4. The quantitative estimate of drug-likeness (QED) is 0.640. The van der Waals surface area contributed by atoms with Crippen molar-refractivity contribution in [3.05, 3.63) is 54.1 Å². The van der Waals surface area contributed by atoms with Crippen LogP contribution < -0.4 is 10.2 Å². The molecule has 0 bridgehead atoms. The lowest BCUT2D eigenvalue weighted by molar-refractivity contribution is 0.412. The Balaban J connectivity index is 2.09. The van der Waals surface area contributed by atoms with Gasteiger partial charge in [0.1, 0.15) is 11.5 Å². The van der Waals surface area contributed by atoms with Gasteiger partial charge in [0.2, 0.25) is 0 Å². The molecule has 2 aromatic carbocycles. The highest BCUT2D eigenvalue weighted by molar-refractivity contribution is 5.84. The Bertz CT molecular complexity index is 539. The number of phenols is 1. The number of nitrogens with one attached hydrogen (secondary N) is 1. The van der Waals surface area contributed by atoms with Crippen LogP contribution in [0.2, 0.25) is 0 Å². The molecule has 4 nitrogen and oxygen atoms in total. The maximum absolute atomic E-state index is 9.65. The van der Waals surface area contributed by atoms with Gasteiger partial charge in [-0.15, -0.1) is 0 Å². The average molecular weight is 242 g/mol. The first-order chi connectivity index (χ1) is 8.79. The lowest BCUT2D eigenvalue weighted by Crippen LogP contribution is -1.91. The third-order valence-electron chi connectivity index (χ3n) is 2.41. The summed E-state index contributed by atoms with van der Waals surface area (Å²) >= 11 is 0. The van der Waals surface area contributed by atoms with E-state index in [1.807, 2.05) is 30.3 Å². The minimum Gasteiger partial charge on any atom is -0.507 e. The summed E-state index contributed by atoms with van der Waals surface area (Å²) in [5, 5.41) is 13.7. The van der Waals surface area contributed by atoms with E-state index < -0.39 is 0 Å². The fourth-order valence-corrected chi connectivity index (χ4v) is 1.45. The molecule has 2 rings (SSSR count). The minimum atomic E-state index is 0.161. The Morgan fingerprint density at radius 1 is 1.17 bits per heavy atom. The third-order valence-corrected chi connectivity index (χ3v) is 2.41. The van der Waals surface area contributed by atoms with Gasteiger partial charge in [0.15, 0.2) is 0 Å². The standard InChI is InChI=1S/C14H14N2O2/c1-18-13-7-8-14(17)11(9-13)10-15-16-12-5-3-2-4-6-12/h2-10,16-17H,1H3/b15-10+. The number of hydrazone groups is 1. The Morgan fingerprint density at radius 2 is 1.94 bits per heavy atom. The molecule has 0 saturated carbocycles. The van der Waals surface area contributed by atoms with E-state index in [2.05, 4.69) is 10.5 Å². The van der Waals surface area contributed by atoms with Gasteiger partial charge >= 0.3 is 0 Å². The van der Waals surface area contributed by atoms with Crippen molar-refractivity contribution in [2.75, 3.05) is 12.5 Å². The highest BCUT2D eigenvalue weighted by atomic mass is 16.5. The van der Waals surface area contributed by atoms with Crippen LogP contribution in [-0.4, -0.2) is 18.4 Å². The summed E-state index contributed by atoms with van der Waals surface area (Å²) in [5.74, 6) is 0.836. The maximum Gasteiger partial charge on any atom is 0.124 e. The van der Waals surface area contributed by atoms with Crippen LogP contribution in [0.5, 0.6) is 11.5 Å². The molecule has 0 aliphatic heterocycles. The van der Waals surface area contributed by atoms with Gasteiger partial charge in [0.25, 0.3) is 0 Å². The Morgan fingerprint density at radius 3 is 2.67 bits per heavy atom. The van der Waals surface area contributed by atoms with Gasteiger partial charge < -0.3 is 9.84 Å². The van der Waals surface area contributed by atoms with Gasteiger partial charge in [-0.1, -0.05) is 18.2 Å². The zero-order valence-electron chi connectivity index (χ0n) is 10.00. The van der Waals surface area contributed by atoms with Crippen molar-refractivity contribution in [1.82, 2.24) is 0 Å². The number of aromatic hydroxyl groups is 1. The number of benzene rings is 2. The van der Waals surface area contributed by atoms with E-state index in [1.54, 1.807) is 31.5 Å². The van der Waals surface area contributed by atoms with Crippen molar-refractivity contribution < 1.29 is 9.84 Å². The number of phenolic OH excluding ortho intramolecular Hbond substituents is 1. The number of ether oxygens (including phenoxy) is 1. The van der Waals surface area contributed by atoms with Crippen LogP contribution in [0, 0.1) is 0 Å². The van der Waals surface area contributed by atoms with Crippen LogP contribution in [-0.2, 0) is 0 Å². The Hall–Kier alpha value is -2.49. The number of methoxy groups -OCH3 is 1. The Kier molecular flexibility index (Phi) is 3.81. The summed E-state index contributed by atoms with van der Waals surface area (Å²) in [6.45, 7) is 0. The van der Waals surface area contributed by atoms with E-state index in [1.165, 1.54) is 0 Å². The molecule has 0 radical (unpaired) electrons. The van der Waals surface area contributed by atoms with Crippen molar-refractivity contribution in [2.24, 2.45) is 5.10 Å². The van der Waals surface area contributed by atoms with Crippen LogP contribution in [0.1, 0.15) is 5.56 Å². The second-order valence-corrected chi connectivity index (χ2v) is 3.66. The lowest BCUT2D eigenvalue weighted by Gasteiger charge is -2.03. The zero-order chi connectivity index (χ0) is 12.8. The maximum atomic E-state index is 9.65. The molecule has 0 aliphatic rings. The minimum absolute atomic E-state index is 0.161. The smallest absolute Gasteiger partial charge is 0.124 e. The van der Waals surface area contributed by atoms with Gasteiger partial charge in [0.05, 0.1) is 19.0 Å². The van der Waals surface area contributed by atoms with Crippen LogP contribution in [0.15, 0.2) is 53.6 Å². The summed E-state index contributed by atoms with van der Waals surface area (Å²) in [6, 6.07) is 14.6. The third kappa shape index (κ3) is 3.01. The molecular formula is C14H14N2O2. The topological polar surface area (TPSA) is 53.9 Å². The van der Waals surface area contributed by atoms with Gasteiger partial charge in [-0.2, -0.15) is 5.10 Å². The molecule has 0 unspecified atom stereocenters. The fourth-order valence-electron chi connectivity index (χ4n) is 1.45. The van der Waals surface area contributed by atoms with E-state index in [4.69, 9.17) is 4.74 Å². The van der Waals surface area contributed by atoms with Gasteiger partial charge in [-0.25, -0.2) is 0 Å². The van der Waals surface area contributed by atoms with Crippen LogP contribution in [0.25, 0.3) is 0 Å². The van der Waals surface area contributed by atoms with Gasteiger partial charge in [0, 0.05) is 5.56 Å². The summed E-state index contributed by atoms with van der Waals surface area (Å²) in [5.41, 5.74) is 4.36. The molecule has 0 fully saturated rings. The molecule has 92 valence electrons. The largest absolute Gasteiger partial charge is 0.507 e.